The monoisotopic (exact) mass is 522 g/mol. The number of carbonyl (C=O) groups is 3. The van der Waals surface area contributed by atoms with Gasteiger partial charge >= 0.3 is 0 Å². The fraction of sp³-hybridized carbons (Fsp3) is 0.300. The van der Waals surface area contributed by atoms with E-state index < -0.39 is 0 Å². The number of hydrogen-bond donors (Lipinski definition) is 0. The first-order valence-electron chi connectivity index (χ1n) is 13.2. The maximum atomic E-state index is 13.5. The number of pyridine rings is 1. The summed E-state index contributed by atoms with van der Waals surface area (Å²) in [5.41, 5.74) is 4.79. The van der Waals surface area contributed by atoms with Gasteiger partial charge in [0.25, 0.3) is 17.7 Å². The summed E-state index contributed by atoms with van der Waals surface area (Å²) in [5, 5.41) is 0. The minimum atomic E-state index is -0.280. The van der Waals surface area contributed by atoms with E-state index in [4.69, 9.17) is 0 Å². The van der Waals surface area contributed by atoms with Crippen molar-refractivity contribution in [2.45, 2.75) is 45.8 Å². The number of piperidine rings is 1. The minimum Gasteiger partial charge on any atom is -0.344 e. The summed E-state index contributed by atoms with van der Waals surface area (Å²) < 4.78 is 4.06. The van der Waals surface area contributed by atoms with Gasteiger partial charge < -0.3 is 14.0 Å². The lowest BCUT2D eigenvalue weighted by molar-refractivity contribution is 0.0597. The van der Waals surface area contributed by atoms with Crippen LogP contribution >= 0.6 is 0 Å². The van der Waals surface area contributed by atoms with Gasteiger partial charge in [0.1, 0.15) is 12.5 Å². The van der Waals surface area contributed by atoms with Gasteiger partial charge in [-0.25, -0.2) is 4.98 Å². The van der Waals surface area contributed by atoms with E-state index in [1.54, 1.807) is 42.9 Å². The molecular weight excluding hydrogens is 492 g/mol. The molecule has 1 fully saturated rings. The third-order valence-corrected chi connectivity index (χ3v) is 7.96. The van der Waals surface area contributed by atoms with E-state index in [2.05, 4.69) is 14.5 Å². The molecule has 9 heteroatoms. The molecule has 0 bridgehead atoms. The minimum absolute atomic E-state index is 0.0527. The van der Waals surface area contributed by atoms with Crippen LogP contribution in [0.4, 0.5) is 0 Å². The number of rotatable bonds is 6. The highest BCUT2D eigenvalue weighted by molar-refractivity contribution is 6.21. The molecule has 2 aliphatic rings. The van der Waals surface area contributed by atoms with Gasteiger partial charge in [-0.3, -0.25) is 24.3 Å². The van der Waals surface area contributed by atoms with Crippen molar-refractivity contribution in [1.29, 1.82) is 0 Å². The molecule has 0 N–H and O–H groups in total. The molecule has 0 unspecified atom stereocenters. The summed E-state index contributed by atoms with van der Waals surface area (Å²) in [6.45, 7) is 6.11. The van der Waals surface area contributed by atoms with Crippen LogP contribution in [0.3, 0.4) is 0 Å². The molecule has 0 radical (unpaired) electrons. The van der Waals surface area contributed by atoms with Crippen LogP contribution in [0.25, 0.3) is 0 Å². The van der Waals surface area contributed by atoms with E-state index in [1.807, 2.05) is 47.7 Å². The third-order valence-electron chi connectivity index (χ3n) is 7.96. The van der Waals surface area contributed by atoms with Gasteiger partial charge in [0.2, 0.25) is 0 Å². The molecule has 198 valence electrons. The maximum absolute atomic E-state index is 13.5. The SMILES string of the molecule is Cc1cc(C(=O)N2CCC(c3nccn3CN3C(=O)c4ccccc4C3=O)CC2)c(C)n1Cc1ccncc1. The van der Waals surface area contributed by atoms with Crippen LogP contribution < -0.4 is 0 Å². The van der Waals surface area contributed by atoms with Crippen molar-refractivity contribution in [2.75, 3.05) is 13.1 Å². The zero-order valence-electron chi connectivity index (χ0n) is 22.1. The number of aromatic nitrogens is 4. The molecule has 3 amide bonds. The first-order chi connectivity index (χ1) is 18.9. The first kappa shape index (κ1) is 24.8. The van der Waals surface area contributed by atoms with Gasteiger partial charge in [-0.15, -0.1) is 0 Å². The second-order valence-corrected chi connectivity index (χ2v) is 10.3. The summed E-state index contributed by atoms with van der Waals surface area (Å²) in [5.74, 6) is 0.471. The number of carbonyl (C=O) groups excluding carboxylic acids is 3. The lowest BCUT2D eigenvalue weighted by atomic mass is 9.95. The van der Waals surface area contributed by atoms with Crippen molar-refractivity contribution >= 4 is 17.7 Å². The second-order valence-electron chi connectivity index (χ2n) is 10.3. The molecule has 0 saturated carbocycles. The molecule has 1 aromatic carbocycles. The Hall–Kier alpha value is -4.53. The van der Waals surface area contributed by atoms with Gasteiger partial charge in [0.15, 0.2) is 0 Å². The molecule has 39 heavy (non-hydrogen) atoms. The van der Waals surface area contributed by atoms with Crippen LogP contribution in [-0.4, -0.2) is 59.7 Å². The summed E-state index contributed by atoms with van der Waals surface area (Å²) in [6.07, 6.45) is 8.62. The maximum Gasteiger partial charge on any atom is 0.263 e. The molecule has 3 aromatic heterocycles. The van der Waals surface area contributed by atoms with Crippen molar-refractivity contribution < 1.29 is 14.4 Å². The van der Waals surface area contributed by atoms with E-state index in [0.29, 0.717) is 30.8 Å². The average Bonchev–Trinajstić information content (AvgIpc) is 3.61. The van der Waals surface area contributed by atoms with Crippen molar-refractivity contribution in [3.8, 4) is 0 Å². The van der Waals surface area contributed by atoms with E-state index in [-0.39, 0.29) is 30.3 Å². The number of aryl methyl sites for hydroxylation is 1. The summed E-state index contributed by atoms with van der Waals surface area (Å²) in [6, 6.07) is 12.9. The molecule has 2 aliphatic heterocycles. The van der Waals surface area contributed by atoms with Gasteiger partial charge in [0, 0.05) is 61.7 Å². The quantitative estimate of drug-likeness (QED) is 0.357. The highest BCUT2D eigenvalue weighted by Gasteiger charge is 2.36. The van der Waals surface area contributed by atoms with Gasteiger partial charge in [-0.05, 0) is 62.6 Å². The molecule has 0 aliphatic carbocycles. The second kappa shape index (κ2) is 9.98. The van der Waals surface area contributed by atoms with Crippen molar-refractivity contribution in [3.05, 3.63) is 107 Å². The van der Waals surface area contributed by atoms with Crippen molar-refractivity contribution in [3.63, 3.8) is 0 Å². The number of nitrogens with zero attached hydrogens (tertiary/aromatic N) is 6. The smallest absolute Gasteiger partial charge is 0.263 e. The Kier molecular flexibility index (Phi) is 6.34. The summed E-state index contributed by atoms with van der Waals surface area (Å²) >= 11 is 0. The molecule has 0 spiro atoms. The van der Waals surface area contributed by atoms with Crippen LogP contribution in [-0.2, 0) is 13.2 Å². The fourth-order valence-electron chi connectivity index (χ4n) is 5.76. The number of imide groups is 1. The lowest BCUT2D eigenvalue weighted by Crippen LogP contribution is -2.39. The number of imidazole rings is 1. The van der Waals surface area contributed by atoms with Gasteiger partial charge in [-0.2, -0.15) is 0 Å². The van der Waals surface area contributed by atoms with Gasteiger partial charge in [0.05, 0.1) is 16.7 Å². The topological polar surface area (TPSA) is 93.3 Å². The standard InChI is InChI=1S/C30H30N6O3/c1-20-17-26(21(2)35(20)18-22-7-11-31-12-8-22)28(37)33-14-9-23(10-15-33)27-32-13-16-34(27)19-36-29(38)24-5-3-4-6-25(24)30(36)39/h3-8,11-13,16-17,23H,9-10,14-15,18-19H2,1-2H3. The summed E-state index contributed by atoms with van der Waals surface area (Å²) in [4.78, 5) is 51.1. The van der Waals surface area contributed by atoms with Crippen LogP contribution in [0.5, 0.6) is 0 Å². The van der Waals surface area contributed by atoms with E-state index in [1.165, 1.54) is 4.90 Å². The number of fused-ring (bicyclic) bond motifs is 1. The predicted octanol–water partition coefficient (Wildman–Crippen LogP) is 4.02. The molecule has 5 heterocycles. The number of benzene rings is 1. The molecular formula is C30H30N6O3. The lowest BCUT2D eigenvalue weighted by Gasteiger charge is -2.32. The Balaban J connectivity index is 1.12. The normalized spacial score (nSPS) is 15.7. The summed E-state index contributed by atoms with van der Waals surface area (Å²) in [7, 11) is 0. The largest absolute Gasteiger partial charge is 0.344 e. The molecule has 1 saturated heterocycles. The fourth-order valence-corrected chi connectivity index (χ4v) is 5.76. The molecule has 9 nitrogen and oxygen atoms in total. The van der Waals surface area contributed by atoms with Crippen LogP contribution in [0.1, 0.15) is 72.6 Å². The predicted molar refractivity (Wildman–Crippen MR) is 144 cm³/mol. The van der Waals surface area contributed by atoms with Gasteiger partial charge in [-0.1, -0.05) is 12.1 Å². The molecule has 0 atom stereocenters. The molecule has 4 aromatic rings. The number of hydrogen-bond acceptors (Lipinski definition) is 5. The average molecular weight is 523 g/mol. The van der Waals surface area contributed by atoms with E-state index in [0.717, 1.165) is 41.2 Å². The number of likely N-dealkylation sites (tertiary alicyclic amines) is 1. The van der Waals surface area contributed by atoms with Crippen molar-refractivity contribution in [1.82, 2.24) is 28.9 Å². The number of amides is 3. The van der Waals surface area contributed by atoms with Crippen LogP contribution in [0.15, 0.2) is 67.3 Å². The van der Waals surface area contributed by atoms with E-state index >= 15 is 0 Å². The van der Waals surface area contributed by atoms with Crippen molar-refractivity contribution in [2.24, 2.45) is 0 Å². The van der Waals surface area contributed by atoms with Crippen LogP contribution in [0, 0.1) is 13.8 Å². The Morgan fingerprint density at radius 3 is 2.28 bits per heavy atom. The Labute approximate surface area is 226 Å². The zero-order valence-corrected chi connectivity index (χ0v) is 22.1. The van der Waals surface area contributed by atoms with E-state index in [9.17, 15) is 14.4 Å². The third kappa shape index (κ3) is 4.43. The Bertz CT molecular complexity index is 1530. The Morgan fingerprint density at radius 1 is 0.949 bits per heavy atom. The Morgan fingerprint density at radius 2 is 1.62 bits per heavy atom. The highest BCUT2D eigenvalue weighted by atomic mass is 16.2. The molecule has 6 rings (SSSR count). The zero-order chi connectivity index (χ0) is 27.1. The first-order valence-corrected chi connectivity index (χ1v) is 13.2. The highest BCUT2D eigenvalue weighted by Crippen LogP contribution is 2.30. The van der Waals surface area contributed by atoms with Crippen LogP contribution in [0.2, 0.25) is 0 Å².